The Balaban J connectivity index is 2.27. The van der Waals surface area contributed by atoms with Crippen LogP contribution in [0.1, 0.15) is 34.5 Å². The number of aliphatic carboxylic acids is 1. The SMILES string of the molecule is N#Cc1cccc(-c2cccc3c(C#N)c(O)c(C(=O)CCC(=O)O)nc23)c1. The zero-order chi connectivity index (χ0) is 20.3. The molecule has 0 radical (unpaired) electrons. The Morgan fingerprint density at radius 2 is 1.79 bits per heavy atom. The summed E-state index contributed by atoms with van der Waals surface area (Å²) in [5.41, 5.74) is 1.54. The summed E-state index contributed by atoms with van der Waals surface area (Å²) in [5.74, 6) is -2.38. The van der Waals surface area contributed by atoms with Gasteiger partial charge in [-0.25, -0.2) is 4.98 Å². The highest BCUT2D eigenvalue weighted by molar-refractivity contribution is 6.05. The number of Topliss-reactive ketones (excluding diaryl/α,β-unsaturated/α-hetero) is 1. The zero-order valence-electron chi connectivity index (χ0n) is 14.5. The molecule has 3 aromatic rings. The van der Waals surface area contributed by atoms with E-state index in [1.165, 1.54) is 0 Å². The number of hydrogen-bond acceptors (Lipinski definition) is 6. The molecule has 0 unspecified atom stereocenters. The number of nitrogens with zero attached hydrogens (tertiary/aromatic N) is 3. The molecule has 0 saturated heterocycles. The number of carbonyl (C=O) groups excluding carboxylic acids is 1. The second kappa shape index (κ2) is 7.56. The normalized spacial score (nSPS) is 10.2. The molecular formula is C21H13N3O4. The van der Waals surface area contributed by atoms with Gasteiger partial charge in [-0.05, 0) is 17.7 Å². The molecule has 0 atom stereocenters. The van der Waals surface area contributed by atoms with Gasteiger partial charge in [0.2, 0.25) is 0 Å². The fourth-order valence-corrected chi connectivity index (χ4v) is 2.91. The summed E-state index contributed by atoms with van der Waals surface area (Å²) in [6, 6.07) is 15.7. The van der Waals surface area contributed by atoms with Crippen LogP contribution in [-0.2, 0) is 4.79 Å². The maximum absolute atomic E-state index is 12.4. The first-order valence-electron chi connectivity index (χ1n) is 8.27. The third-order valence-electron chi connectivity index (χ3n) is 4.23. The molecule has 2 aromatic carbocycles. The number of hydrogen-bond donors (Lipinski definition) is 2. The van der Waals surface area contributed by atoms with Gasteiger partial charge in [-0.2, -0.15) is 10.5 Å². The molecule has 0 aliphatic heterocycles. The topological polar surface area (TPSA) is 135 Å². The molecule has 136 valence electrons. The Bertz CT molecular complexity index is 1200. The second-order valence-corrected chi connectivity index (χ2v) is 6.01. The minimum absolute atomic E-state index is 0.109. The minimum Gasteiger partial charge on any atom is -0.504 e. The lowest BCUT2D eigenvalue weighted by Gasteiger charge is -2.11. The Hall–Kier alpha value is -4.23. The zero-order valence-corrected chi connectivity index (χ0v) is 14.5. The lowest BCUT2D eigenvalue weighted by Crippen LogP contribution is -2.08. The molecule has 2 N–H and O–H groups in total. The number of carboxylic acid groups (broad SMARTS) is 1. The third kappa shape index (κ3) is 3.37. The van der Waals surface area contributed by atoms with Gasteiger partial charge >= 0.3 is 5.97 Å². The van der Waals surface area contributed by atoms with Crippen molar-refractivity contribution >= 4 is 22.7 Å². The minimum atomic E-state index is -1.15. The van der Waals surface area contributed by atoms with Crippen LogP contribution in [-0.4, -0.2) is 26.9 Å². The largest absolute Gasteiger partial charge is 0.504 e. The molecule has 0 aliphatic rings. The fraction of sp³-hybridized carbons (Fsp3) is 0.0952. The van der Waals surface area contributed by atoms with Crippen LogP contribution in [0, 0.1) is 22.7 Å². The van der Waals surface area contributed by atoms with Crippen molar-refractivity contribution in [1.29, 1.82) is 10.5 Å². The van der Waals surface area contributed by atoms with Crippen molar-refractivity contribution < 1.29 is 19.8 Å². The van der Waals surface area contributed by atoms with Gasteiger partial charge in [-0.15, -0.1) is 0 Å². The summed E-state index contributed by atoms with van der Waals surface area (Å²) in [6.07, 6.45) is -0.760. The Kier molecular flexibility index (Phi) is 5.01. The van der Waals surface area contributed by atoms with E-state index in [-0.39, 0.29) is 17.7 Å². The quantitative estimate of drug-likeness (QED) is 0.656. The summed E-state index contributed by atoms with van der Waals surface area (Å²) < 4.78 is 0. The molecule has 7 nitrogen and oxygen atoms in total. The number of pyridine rings is 1. The molecule has 1 heterocycles. The Morgan fingerprint density at radius 3 is 2.46 bits per heavy atom. The number of carbonyl (C=O) groups is 2. The van der Waals surface area contributed by atoms with Crippen molar-refractivity contribution in [3.63, 3.8) is 0 Å². The highest BCUT2D eigenvalue weighted by Crippen LogP contribution is 2.35. The number of rotatable bonds is 5. The number of carboxylic acids is 1. The Morgan fingerprint density at radius 1 is 1.04 bits per heavy atom. The van der Waals surface area contributed by atoms with Crippen LogP contribution in [0.5, 0.6) is 5.75 Å². The van der Waals surface area contributed by atoms with Gasteiger partial charge in [0, 0.05) is 17.4 Å². The van der Waals surface area contributed by atoms with Crippen LogP contribution in [0.25, 0.3) is 22.0 Å². The molecule has 3 rings (SSSR count). The molecular weight excluding hydrogens is 358 g/mol. The van der Waals surface area contributed by atoms with Gasteiger partial charge < -0.3 is 10.2 Å². The van der Waals surface area contributed by atoms with Gasteiger partial charge in [-0.1, -0.05) is 30.3 Å². The summed E-state index contributed by atoms with van der Waals surface area (Å²) in [6.45, 7) is 0. The first-order valence-corrected chi connectivity index (χ1v) is 8.27. The number of fused-ring (bicyclic) bond motifs is 1. The molecule has 28 heavy (non-hydrogen) atoms. The molecule has 7 heteroatoms. The van der Waals surface area contributed by atoms with Crippen LogP contribution < -0.4 is 0 Å². The molecule has 0 amide bonds. The maximum atomic E-state index is 12.4. The lowest BCUT2D eigenvalue weighted by atomic mass is 9.97. The highest BCUT2D eigenvalue weighted by atomic mass is 16.4. The molecule has 0 bridgehead atoms. The maximum Gasteiger partial charge on any atom is 0.303 e. The molecule has 1 aromatic heterocycles. The van der Waals surface area contributed by atoms with E-state index < -0.39 is 23.9 Å². The smallest absolute Gasteiger partial charge is 0.303 e. The number of aromatic hydroxyl groups is 1. The van der Waals surface area contributed by atoms with Crippen molar-refractivity contribution in [1.82, 2.24) is 4.98 Å². The van der Waals surface area contributed by atoms with E-state index in [1.807, 2.05) is 6.07 Å². The number of para-hydroxylation sites is 1. The van der Waals surface area contributed by atoms with E-state index in [0.717, 1.165) is 0 Å². The average molecular weight is 371 g/mol. The second-order valence-electron chi connectivity index (χ2n) is 6.01. The number of aromatic nitrogens is 1. The predicted octanol–water partition coefficient (Wildman–Crippen LogP) is 3.40. The Labute approximate surface area is 159 Å². The number of benzene rings is 2. The molecule has 0 fully saturated rings. The predicted molar refractivity (Wildman–Crippen MR) is 99.5 cm³/mol. The lowest BCUT2D eigenvalue weighted by molar-refractivity contribution is -0.136. The van der Waals surface area contributed by atoms with Crippen LogP contribution in [0.2, 0.25) is 0 Å². The van der Waals surface area contributed by atoms with Gasteiger partial charge in [0.15, 0.2) is 11.5 Å². The first kappa shape index (κ1) is 18.6. The number of nitriles is 2. The van der Waals surface area contributed by atoms with Gasteiger partial charge in [0.05, 0.1) is 23.6 Å². The molecule has 0 saturated carbocycles. The summed E-state index contributed by atoms with van der Waals surface area (Å²) in [5, 5.41) is 38.1. The fourth-order valence-electron chi connectivity index (χ4n) is 2.91. The van der Waals surface area contributed by atoms with Crippen molar-refractivity contribution in [2.45, 2.75) is 12.8 Å². The first-order chi connectivity index (χ1) is 13.5. The van der Waals surface area contributed by atoms with E-state index in [4.69, 9.17) is 10.4 Å². The van der Waals surface area contributed by atoms with Crippen LogP contribution in [0.4, 0.5) is 0 Å². The highest BCUT2D eigenvalue weighted by Gasteiger charge is 2.22. The van der Waals surface area contributed by atoms with E-state index in [0.29, 0.717) is 27.6 Å². The van der Waals surface area contributed by atoms with Crippen LogP contribution in [0.15, 0.2) is 42.5 Å². The standard InChI is InChI=1S/C21H13N3O4/c22-10-12-3-1-4-13(9-12)14-5-2-6-15-16(11-23)21(28)20(24-19(14)15)17(25)7-8-18(26)27/h1-6,9,28H,7-8H2,(H,26,27). The molecule has 0 aliphatic carbocycles. The van der Waals surface area contributed by atoms with Gasteiger partial charge in [0.1, 0.15) is 17.3 Å². The average Bonchev–Trinajstić information content (AvgIpc) is 2.71. The molecule has 0 spiro atoms. The van der Waals surface area contributed by atoms with Crippen molar-refractivity contribution in [3.05, 3.63) is 59.3 Å². The van der Waals surface area contributed by atoms with E-state index in [9.17, 15) is 20.0 Å². The monoisotopic (exact) mass is 371 g/mol. The van der Waals surface area contributed by atoms with E-state index >= 15 is 0 Å². The summed E-state index contributed by atoms with van der Waals surface area (Å²) in [4.78, 5) is 27.4. The van der Waals surface area contributed by atoms with Crippen molar-refractivity contribution in [2.24, 2.45) is 0 Å². The summed E-state index contributed by atoms with van der Waals surface area (Å²) in [7, 11) is 0. The third-order valence-corrected chi connectivity index (χ3v) is 4.23. The number of ketones is 1. The van der Waals surface area contributed by atoms with Crippen LogP contribution >= 0.6 is 0 Å². The van der Waals surface area contributed by atoms with Crippen LogP contribution in [0.3, 0.4) is 0 Å². The van der Waals surface area contributed by atoms with E-state index in [1.54, 1.807) is 42.5 Å². The van der Waals surface area contributed by atoms with Gasteiger partial charge in [0.25, 0.3) is 0 Å². The van der Waals surface area contributed by atoms with Gasteiger partial charge in [-0.3, -0.25) is 9.59 Å². The van der Waals surface area contributed by atoms with Crippen molar-refractivity contribution in [3.8, 4) is 29.0 Å². The van der Waals surface area contributed by atoms with E-state index in [2.05, 4.69) is 11.1 Å². The van der Waals surface area contributed by atoms with Crippen molar-refractivity contribution in [2.75, 3.05) is 0 Å². The summed E-state index contributed by atoms with van der Waals surface area (Å²) >= 11 is 0.